The summed E-state index contributed by atoms with van der Waals surface area (Å²) in [5.41, 5.74) is 4.56. The Kier molecular flexibility index (Phi) is 8.73. The molecule has 3 heterocycles. The zero-order chi connectivity index (χ0) is 30.9. The van der Waals surface area contributed by atoms with Crippen molar-refractivity contribution in [3.63, 3.8) is 0 Å². The highest BCUT2D eigenvalue weighted by molar-refractivity contribution is 5.99. The van der Waals surface area contributed by atoms with Crippen LogP contribution in [0.4, 0.5) is 16.3 Å². The van der Waals surface area contributed by atoms with Crippen molar-refractivity contribution in [3.8, 4) is 5.69 Å². The fourth-order valence-corrected chi connectivity index (χ4v) is 6.93. The number of nitrogens with one attached hydrogen (secondary N) is 2. The van der Waals surface area contributed by atoms with Crippen molar-refractivity contribution in [2.45, 2.75) is 111 Å². The van der Waals surface area contributed by atoms with Crippen LogP contribution in [0.1, 0.15) is 96.9 Å². The molecule has 2 atom stereocenters. The topological polar surface area (TPSA) is 79.3 Å². The number of fused-ring (bicyclic) bond motifs is 2. The Labute approximate surface area is 257 Å². The molecule has 2 aromatic carbocycles. The van der Waals surface area contributed by atoms with E-state index in [4.69, 9.17) is 5.10 Å². The van der Waals surface area contributed by atoms with Crippen LogP contribution in [0.15, 0.2) is 54.6 Å². The zero-order valence-corrected chi connectivity index (χ0v) is 27.0. The highest BCUT2D eigenvalue weighted by atomic mass is 16.2. The fourth-order valence-electron chi connectivity index (χ4n) is 6.93. The summed E-state index contributed by atoms with van der Waals surface area (Å²) in [4.78, 5) is 28.7. The number of carbonyl (C=O) groups excluding carboxylic acids is 2. The highest BCUT2D eigenvalue weighted by Gasteiger charge is 2.46. The maximum Gasteiger partial charge on any atom is 0.324 e. The van der Waals surface area contributed by atoms with E-state index in [-0.39, 0.29) is 16.9 Å². The first-order valence-electron chi connectivity index (χ1n) is 16.0. The van der Waals surface area contributed by atoms with Gasteiger partial charge in [0.15, 0.2) is 0 Å². The molecule has 230 valence electrons. The Morgan fingerprint density at radius 2 is 1.53 bits per heavy atom. The molecule has 0 saturated carbocycles. The second-order valence-electron chi connectivity index (χ2n) is 14.5. The first kappa shape index (κ1) is 30.8. The van der Waals surface area contributed by atoms with Gasteiger partial charge >= 0.3 is 6.03 Å². The van der Waals surface area contributed by atoms with Gasteiger partial charge in [0.25, 0.3) is 0 Å². The van der Waals surface area contributed by atoms with Crippen molar-refractivity contribution in [2.75, 3.05) is 10.6 Å². The third-order valence-corrected chi connectivity index (χ3v) is 9.25. The van der Waals surface area contributed by atoms with Gasteiger partial charge < -0.3 is 10.2 Å². The second kappa shape index (κ2) is 12.2. The van der Waals surface area contributed by atoms with E-state index in [0.29, 0.717) is 29.7 Å². The minimum Gasteiger partial charge on any atom is -0.336 e. The van der Waals surface area contributed by atoms with Gasteiger partial charge in [-0.1, -0.05) is 77.8 Å². The average Bonchev–Trinajstić information content (AvgIpc) is 3.48. The van der Waals surface area contributed by atoms with Crippen LogP contribution in [0.25, 0.3) is 5.69 Å². The summed E-state index contributed by atoms with van der Waals surface area (Å²) >= 11 is 0. The van der Waals surface area contributed by atoms with Gasteiger partial charge in [-0.2, -0.15) is 5.10 Å². The zero-order valence-electron chi connectivity index (χ0n) is 27.0. The number of hydrogen-bond donors (Lipinski definition) is 2. The number of amides is 3. The largest absolute Gasteiger partial charge is 0.336 e. The molecule has 2 bridgehead atoms. The van der Waals surface area contributed by atoms with Gasteiger partial charge in [-0.25, -0.2) is 9.48 Å². The van der Waals surface area contributed by atoms with Gasteiger partial charge in [-0.15, -0.1) is 0 Å². The van der Waals surface area contributed by atoms with Crippen molar-refractivity contribution in [1.82, 2.24) is 14.7 Å². The number of hydrogen-bond acceptors (Lipinski definition) is 3. The first-order chi connectivity index (χ1) is 20.3. The lowest BCUT2D eigenvalue weighted by Crippen LogP contribution is -2.51. The lowest BCUT2D eigenvalue weighted by Gasteiger charge is -2.42. The summed E-state index contributed by atoms with van der Waals surface area (Å²) in [6.45, 7) is 14.8. The van der Waals surface area contributed by atoms with Crippen LogP contribution < -0.4 is 10.6 Å². The van der Waals surface area contributed by atoms with Gasteiger partial charge in [0.1, 0.15) is 5.82 Å². The molecular weight excluding hydrogens is 534 g/mol. The van der Waals surface area contributed by atoms with E-state index in [2.05, 4.69) is 76.1 Å². The first-order valence-corrected chi connectivity index (χ1v) is 16.0. The molecule has 3 amide bonds. The minimum absolute atomic E-state index is 0.157. The number of urea groups is 1. The maximum atomic E-state index is 13.4. The molecule has 0 spiro atoms. The molecule has 1 aromatic heterocycles. The molecule has 5 rings (SSSR count). The number of anilines is 2. The number of aryl methyl sites for hydroxylation is 1. The Bertz CT molecular complexity index is 1420. The third-order valence-electron chi connectivity index (χ3n) is 9.25. The lowest BCUT2D eigenvalue weighted by molar-refractivity contribution is -0.146. The third kappa shape index (κ3) is 6.97. The molecule has 2 aliphatic heterocycles. The molecule has 2 N–H and O–H groups in total. The van der Waals surface area contributed by atoms with E-state index >= 15 is 0 Å². The Morgan fingerprint density at radius 3 is 2.12 bits per heavy atom. The van der Waals surface area contributed by atoms with E-state index in [1.807, 2.05) is 42.5 Å². The standard InChI is InChI=1S/C36H49N5O2/c1-8-19-36(6,7)33(42)40-29-17-18-30(40)22-26(21-29)20-25-11-13-27(14-12-25)37-34(43)38-32-23-31(35(3,4)5)39-41(32)28-15-9-24(2)10-16-28/h9-16,23,26,29-30H,8,17-22H2,1-7H3,(H2,37,38,43). The lowest BCUT2D eigenvalue weighted by atomic mass is 9.81. The van der Waals surface area contributed by atoms with Crippen LogP contribution in [-0.2, 0) is 16.6 Å². The Balaban J connectivity index is 1.20. The normalized spacial score (nSPS) is 20.3. The van der Waals surface area contributed by atoms with E-state index in [9.17, 15) is 9.59 Å². The minimum atomic E-state index is -0.305. The molecule has 7 nitrogen and oxygen atoms in total. The molecule has 7 heteroatoms. The summed E-state index contributed by atoms with van der Waals surface area (Å²) < 4.78 is 1.79. The number of carbonyl (C=O) groups is 2. The number of aromatic nitrogens is 2. The molecule has 2 fully saturated rings. The SMILES string of the molecule is CCCC(C)(C)C(=O)N1C2CCC1CC(Cc1ccc(NC(=O)Nc3cc(C(C)(C)C)nn3-c3ccc(C)cc3)cc1)C2. The predicted molar refractivity (Wildman–Crippen MR) is 175 cm³/mol. The van der Waals surface area contributed by atoms with Gasteiger partial charge in [0.2, 0.25) is 5.91 Å². The molecule has 2 unspecified atom stereocenters. The number of nitrogens with zero attached hydrogens (tertiary/aromatic N) is 3. The molecule has 2 aliphatic rings. The second-order valence-corrected chi connectivity index (χ2v) is 14.5. The number of benzene rings is 2. The Morgan fingerprint density at radius 1 is 0.907 bits per heavy atom. The summed E-state index contributed by atoms with van der Waals surface area (Å²) in [6, 6.07) is 18.7. The molecular formula is C36H49N5O2. The van der Waals surface area contributed by atoms with Crippen LogP contribution >= 0.6 is 0 Å². The van der Waals surface area contributed by atoms with Crippen molar-refractivity contribution in [2.24, 2.45) is 11.3 Å². The van der Waals surface area contributed by atoms with E-state index in [0.717, 1.165) is 62.0 Å². The van der Waals surface area contributed by atoms with Crippen molar-refractivity contribution in [3.05, 3.63) is 71.4 Å². The van der Waals surface area contributed by atoms with Crippen LogP contribution in [0, 0.1) is 18.3 Å². The van der Waals surface area contributed by atoms with Crippen LogP contribution in [0.5, 0.6) is 0 Å². The molecule has 0 radical (unpaired) electrons. The summed E-state index contributed by atoms with van der Waals surface area (Å²) in [5.74, 6) is 1.56. The van der Waals surface area contributed by atoms with Crippen LogP contribution in [-0.4, -0.2) is 38.7 Å². The summed E-state index contributed by atoms with van der Waals surface area (Å²) in [5, 5.41) is 10.8. The van der Waals surface area contributed by atoms with Gasteiger partial charge in [0.05, 0.1) is 11.4 Å². The molecule has 2 saturated heterocycles. The van der Waals surface area contributed by atoms with Gasteiger partial charge in [-0.05, 0) is 81.2 Å². The molecule has 43 heavy (non-hydrogen) atoms. The maximum absolute atomic E-state index is 13.4. The number of piperidine rings is 1. The summed E-state index contributed by atoms with van der Waals surface area (Å²) in [7, 11) is 0. The Hall–Kier alpha value is -3.61. The van der Waals surface area contributed by atoms with Gasteiger partial charge in [0, 0.05) is 34.7 Å². The monoisotopic (exact) mass is 583 g/mol. The van der Waals surface area contributed by atoms with E-state index in [1.54, 1.807) is 4.68 Å². The van der Waals surface area contributed by atoms with Gasteiger partial charge in [-0.3, -0.25) is 10.1 Å². The predicted octanol–water partition coefficient (Wildman–Crippen LogP) is 8.26. The summed E-state index contributed by atoms with van der Waals surface area (Å²) in [6.07, 6.45) is 7.41. The number of rotatable bonds is 8. The molecule has 0 aliphatic carbocycles. The average molecular weight is 584 g/mol. The molecule has 3 aromatic rings. The van der Waals surface area contributed by atoms with Crippen LogP contribution in [0.2, 0.25) is 0 Å². The van der Waals surface area contributed by atoms with Crippen molar-refractivity contribution >= 4 is 23.4 Å². The highest BCUT2D eigenvalue weighted by Crippen LogP contribution is 2.42. The smallest absolute Gasteiger partial charge is 0.324 e. The quantitative estimate of drug-likeness (QED) is 0.280. The van der Waals surface area contributed by atoms with Crippen LogP contribution in [0.3, 0.4) is 0 Å². The van der Waals surface area contributed by atoms with E-state index < -0.39 is 0 Å². The van der Waals surface area contributed by atoms with Crippen molar-refractivity contribution in [1.29, 1.82) is 0 Å². The fraction of sp³-hybridized carbons (Fsp3) is 0.528. The van der Waals surface area contributed by atoms with E-state index in [1.165, 1.54) is 11.1 Å². The van der Waals surface area contributed by atoms with Crippen molar-refractivity contribution < 1.29 is 9.59 Å².